The van der Waals surface area contributed by atoms with Crippen molar-refractivity contribution in [3.8, 4) is 11.8 Å². The van der Waals surface area contributed by atoms with Crippen molar-refractivity contribution >= 4 is 5.91 Å². The normalized spacial score (nSPS) is 12.6. The van der Waals surface area contributed by atoms with Crippen molar-refractivity contribution in [3.05, 3.63) is 102 Å². The van der Waals surface area contributed by atoms with Gasteiger partial charge in [-0.05, 0) is 43.2 Å². The highest BCUT2D eigenvalue weighted by atomic mass is 16.5. The number of ether oxygens (including phenoxy) is 1. The summed E-state index contributed by atoms with van der Waals surface area (Å²) in [7, 11) is 0. The molecule has 146 valence electrons. The van der Waals surface area contributed by atoms with Gasteiger partial charge in [-0.15, -0.1) is 0 Å². The molecule has 0 aliphatic rings. The third kappa shape index (κ3) is 5.24. The van der Waals surface area contributed by atoms with Gasteiger partial charge in [0.1, 0.15) is 5.75 Å². The standard InChI is InChI=1S/C25H24N2O2/c1-18(24(21-11-5-3-6-12-21)22-13-7-4-8-14-22)27-25(28)19(2)29-23-15-9-10-20(16-23)17-26/h3-16,18-19,24H,1-2H3,(H,27,28). The molecule has 1 amide bonds. The van der Waals surface area contributed by atoms with Crippen LogP contribution in [0.5, 0.6) is 5.75 Å². The van der Waals surface area contributed by atoms with Gasteiger partial charge < -0.3 is 10.1 Å². The van der Waals surface area contributed by atoms with E-state index in [1.807, 2.05) is 43.3 Å². The van der Waals surface area contributed by atoms with E-state index < -0.39 is 6.10 Å². The molecule has 0 fully saturated rings. The lowest BCUT2D eigenvalue weighted by molar-refractivity contribution is -0.128. The molecule has 4 nitrogen and oxygen atoms in total. The van der Waals surface area contributed by atoms with E-state index in [-0.39, 0.29) is 17.9 Å². The molecule has 0 aliphatic heterocycles. The lowest BCUT2D eigenvalue weighted by atomic mass is 9.85. The molecule has 0 aromatic heterocycles. The Labute approximate surface area is 171 Å². The lowest BCUT2D eigenvalue weighted by Gasteiger charge is -2.27. The average molecular weight is 384 g/mol. The molecule has 0 spiro atoms. The summed E-state index contributed by atoms with van der Waals surface area (Å²) >= 11 is 0. The summed E-state index contributed by atoms with van der Waals surface area (Å²) in [5.41, 5.74) is 2.78. The average Bonchev–Trinajstić information content (AvgIpc) is 2.75. The molecule has 0 saturated carbocycles. The minimum atomic E-state index is -0.682. The predicted molar refractivity (Wildman–Crippen MR) is 114 cm³/mol. The first-order chi connectivity index (χ1) is 14.1. The topological polar surface area (TPSA) is 62.1 Å². The van der Waals surface area contributed by atoms with Gasteiger partial charge in [0.2, 0.25) is 0 Å². The molecule has 3 aromatic carbocycles. The highest BCUT2D eigenvalue weighted by molar-refractivity contribution is 5.81. The highest BCUT2D eigenvalue weighted by Crippen LogP contribution is 2.28. The number of nitrogens with zero attached hydrogens (tertiary/aromatic N) is 1. The fourth-order valence-corrected chi connectivity index (χ4v) is 3.41. The van der Waals surface area contributed by atoms with E-state index >= 15 is 0 Å². The number of amides is 1. The van der Waals surface area contributed by atoms with Crippen LogP contribution in [0.2, 0.25) is 0 Å². The zero-order valence-electron chi connectivity index (χ0n) is 16.6. The molecule has 4 heteroatoms. The van der Waals surface area contributed by atoms with Gasteiger partial charge in [-0.3, -0.25) is 4.79 Å². The summed E-state index contributed by atoms with van der Waals surface area (Å²) in [6, 6.07) is 29.1. The van der Waals surface area contributed by atoms with Crippen LogP contribution in [0.25, 0.3) is 0 Å². The fourth-order valence-electron chi connectivity index (χ4n) is 3.41. The molecule has 2 atom stereocenters. The zero-order chi connectivity index (χ0) is 20.6. The Kier molecular flexibility index (Phi) is 6.65. The summed E-state index contributed by atoms with van der Waals surface area (Å²) in [6.45, 7) is 3.72. The summed E-state index contributed by atoms with van der Waals surface area (Å²) in [6.07, 6.45) is -0.682. The maximum absolute atomic E-state index is 12.8. The van der Waals surface area contributed by atoms with Crippen molar-refractivity contribution in [2.45, 2.75) is 31.9 Å². The molecule has 0 saturated heterocycles. The number of hydrogen-bond acceptors (Lipinski definition) is 3. The second kappa shape index (κ2) is 9.57. The monoisotopic (exact) mass is 384 g/mol. The van der Waals surface area contributed by atoms with Crippen LogP contribution in [0.1, 0.15) is 36.5 Å². The highest BCUT2D eigenvalue weighted by Gasteiger charge is 2.25. The molecule has 0 radical (unpaired) electrons. The first-order valence-electron chi connectivity index (χ1n) is 9.65. The van der Waals surface area contributed by atoms with E-state index in [0.29, 0.717) is 11.3 Å². The Hall–Kier alpha value is -3.58. The van der Waals surface area contributed by atoms with E-state index in [1.54, 1.807) is 31.2 Å². The van der Waals surface area contributed by atoms with Crippen molar-refractivity contribution in [2.24, 2.45) is 0 Å². The number of nitrogens with one attached hydrogen (secondary N) is 1. The summed E-state index contributed by atoms with van der Waals surface area (Å²) < 4.78 is 5.75. The Bertz CT molecular complexity index is 941. The maximum Gasteiger partial charge on any atom is 0.261 e. The van der Waals surface area contributed by atoms with Crippen LogP contribution >= 0.6 is 0 Å². The molecule has 1 N–H and O–H groups in total. The quantitative estimate of drug-likeness (QED) is 0.644. The zero-order valence-corrected chi connectivity index (χ0v) is 16.6. The summed E-state index contributed by atoms with van der Waals surface area (Å²) in [5, 5.41) is 12.1. The minimum Gasteiger partial charge on any atom is -0.481 e. The van der Waals surface area contributed by atoms with Gasteiger partial charge in [0.25, 0.3) is 5.91 Å². The first kappa shape index (κ1) is 20.2. The van der Waals surface area contributed by atoms with E-state index in [0.717, 1.165) is 11.1 Å². The van der Waals surface area contributed by atoms with E-state index in [1.165, 1.54) is 0 Å². The van der Waals surface area contributed by atoms with Gasteiger partial charge in [0.15, 0.2) is 6.10 Å². The van der Waals surface area contributed by atoms with Crippen molar-refractivity contribution in [3.63, 3.8) is 0 Å². The predicted octanol–water partition coefficient (Wildman–Crippen LogP) is 4.66. The Balaban J connectivity index is 1.74. The van der Waals surface area contributed by atoms with Gasteiger partial charge in [-0.25, -0.2) is 0 Å². The number of carbonyl (C=O) groups excluding carboxylic acids is 1. The van der Waals surface area contributed by atoms with Gasteiger partial charge in [0.05, 0.1) is 11.6 Å². The second-order valence-electron chi connectivity index (χ2n) is 7.00. The van der Waals surface area contributed by atoms with E-state index in [9.17, 15) is 4.79 Å². The lowest BCUT2D eigenvalue weighted by Crippen LogP contribution is -2.44. The van der Waals surface area contributed by atoms with Crippen LogP contribution in [0, 0.1) is 11.3 Å². The number of nitriles is 1. The third-order valence-electron chi connectivity index (χ3n) is 4.83. The maximum atomic E-state index is 12.8. The molecule has 3 aromatic rings. The van der Waals surface area contributed by atoms with Crippen LogP contribution < -0.4 is 10.1 Å². The SMILES string of the molecule is CC(Oc1cccc(C#N)c1)C(=O)NC(C)C(c1ccccc1)c1ccccc1. The first-order valence-corrected chi connectivity index (χ1v) is 9.65. The van der Waals surface area contributed by atoms with Crippen molar-refractivity contribution in [1.29, 1.82) is 5.26 Å². The molecular weight excluding hydrogens is 360 g/mol. The van der Waals surface area contributed by atoms with Crippen LogP contribution in [0.4, 0.5) is 0 Å². The van der Waals surface area contributed by atoms with Gasteiger partial charge >= 0.3 is 0 Å². The van der Waals surface area contributed by atoms with Gasteiger partial charge in [-0.2, -0.15) is 5.26 Å². The Morgan fingerprint density at radius 1 is 0.897 bits per heavy atom. The van der Waals surface area contributed by atoms with Crippen LogP contribution in [-0.4, -0.2) is 18.1 Å². The molecule has 0 heterocycles. The Morgan fingerprint density at radius 2 is 1.48 bits per heavy atom. The van der Waals surface area contributed by atoms with Gasteiger partial charge in [-0.1, -0.05) is 66.7 Å². The van der Waals surface area contributed by atoms with Crippen molar-refractivity contribution in [1.82, 2.24) is 5.32 Å². The third-order valence-corrected chi connectivity index (χ3v) is 4.83. The molecule has 0 bridgehead atoms. The van der Waals surface area contributed by atoms with E-state index in [4.69, 9.17) is 10.00 Å². The second-order valence-corrected chi connectivity index (χ2v) is 7.00. The molecule has 3 rings (SSSR count). The number of hydrogen-bond donors (Lipinski definition) is 1. The largest absolute Gasteiger partial charge is 0.481 e. The Morgan fingerprint density at radius 3 is 2.03 bits per heavy atom. The molecule has 29 heavy (non-hydrogen) atoms. The number of rotatable bonds is 7. The van der Waals surface area contributed by atoms with Crippen LogP contribution in [0.15, 0.2) is 84.9 Å². The summed E-state index contributed by atoms with van der Waals surface area (Å²) in [4.78, 5) is 12.8. The molecule has 0 aliphatic carbocycles. The number of carbonyl (C=O) groups is 1. The van der Waals surface area contributed by atoms with Crippen LogP contribution in [0.3, 0.4) is 0 Å². The fraction of sp³-hybridized carbons (Fsp3) is 0.200. The minimum absolute atomic E-state index is 0.0236. The van der Waals surface area contributed by atoms with Gasteiger partial charge in [0, 0.05) is 12.0 Å². The van der Waals surface area contributed by atoms with Crippen molar-refractivity contribution in [2.75, 3.05) is 0 Å². The molecule has 2 unspecified atom stereocenters. The smallest absolute Gasteiger partial charge is 0.261 e. The van der Waals surface area contributed by atoms with E-state index in [2.05, 4.69) is 35.7 Å². The van der Waals surface area contributed by atoms with Crippen molar-refractivity contribution < 1.29 is 9.53 Å². The number of benzene rings is 3. The summed E-state index contributed by atoms with van der Waals surface area (Å²) in [5.74, 6) is 0.328. The van der Waals surface area contributed by atoms with Crippen LogP contribution in [-0.2, 0) is 4.79 Å². The molecular formula is C25H24N2O2.